The van der Waals surface area contributed by atoms with Gasteiger partial charge in [-0.05, 0) is 84.0 Å². The van der Waals surface area contributed by atoms with Gasteiger partial charge in [0.25, 0.3) is 0 Å². The van der Waals surface area contributed by atoms with Crippen molar-refractivity contribution in [3.8, 4) is 0 Å². The second-order valence-electron chi connectivity index (χ2n) is 9.12. The normalized spacial score (nSPS) is 15.8. The van der Waals surface area contributed by atoms with E-state index in [-0.39, 0.29) is 23.0 Å². The SMILES string of the molecule is Nc1cc(F)ccc1NC(=O)/C=C/c1ccc2c(c1)CCCC2OCc1cc(C(F)(F)F)cc(C(F)(F)F)c1. The van der Waals surface area contributed by atoms with Gasteiger partial charge in [-0.15, -0.1) is 0 Å². The van der Waals surface area contributed by atoms with Crippen LogP contribution in [0.2, 0.25) is 0 Å². The van der Waals surface area contributed by atoms with Crippen molar-refractivity contribution < 1.29 is 40.3 Å². The minimum absolute atomic E-state index is 0.0799. The zero-order chi connectivity index (χ0) is 28.4. The summed E-state index contributed by atoms with van der Waals surface area (Å²) in [7, 11) is 0. The van der Waals surface area contributed by atoms with Crippen LogP contribution in [0.25, 0.3) is 6.08 Å². The van der Waals surface area contributed by atoms with Gasteiger partial charge in [0.1, 0.15) is 5.82 Å². The molecule has 0 saturated carbocycles. The summed E-state index contributed by atoms with van der Waals surface area (Å²) in [4.78, 5) is 12.2. The lowest BCUT2D eigenvalue weighted by Crippen LogP contribution is -2.15. The topological polar surface area (TPSA) is 64.3 Å². The van der Waals surface area contributed by atoms with Crippen molar-refractivity contribution in [2.24, 2.45) is 0 Å². The molecular weight excluding hydrogens is 529 g/mol. The monoisotopic (exact) mass is 552 g/mol. The molecule has 0 heterocycles. The van der Waals surface area contributed by atoms with Crippen LogP contribution in [0, 0.1) is 5.82 Å². The standard InChI is InChI=1S/C28H23F7N2O2/c29-21-6-8-24(23(36)14-21)37-26(38)9-5-16-4-7-22-18(10-16)2-1-3-25(22)39-15-17-11-19(27(30,31)32)13-20(12-17)28(33,34)35/h4-14,25H,1-3,15,36H2,(H,37,38)/b9-5+. The summed E-state index contributed by atoms with van der Waals surface area (Å²) in [5.41, 5.74) is 5.42. The number of hydrogen-bond acceptors (Lipinski definition) is 3. The second-order valence-corrected chi connectivity index (χ2v) is 9.12. The lowest BCUT2D eigenvalue weighted by Gasteiger charge is -2.26. The summed E-state index contributed by atoms with van der Waals surface area (Å²) >= 11 is 0. The molecule has 1 aliphatic carbocycles. The molecule has 206 valence electrons. The number of anilines is 2. The van der Waals surface area contributed by atoms with E-state index in [0.717, 1.165) is 17.2 Å². The fourth-order valence-corrected chi connectivity index (χ4v) is 4.36. The number of benzene rings is 3. The quantitative estimate of drug-likeness (QED) is 0.187. The highest BCUT2D eigenvalue weighted by Gasteiger charge is 2.37. The van der Waals surface area contributed by atoms with Crippen molar-refractivity contribution in [1.82, 2.24) is 0 Å². The average Bonchev–Trinajstić information content (AvgIpc) is 2.86. The Morgan fingerprint density at radius 3 is 2.31 bits per heavy atom. The van der Waals surface area contributed by atoms with Gasteiger partial charge < -0.3 is 15.8 Å². The maximum Gasteiger partial charge on any atom is 0.416 e. The highest BCUT2D eigenvalue weighted by Crippen LogP contribution is 2.38. The third-order valence-corrected chi connectivity index (χ3v) is 6.22. The lowest BCUT2D eigenvalue weighted by molar-refractivity contribution is -0.143. The first-order valence-electron chi connectivity index (χ1n) is 11.9. The van der Waals surface area contributed by atoms with E-state index in [2.05, 4.69) is 5.32 Å². The number of amides is 1. The number of nitrogens with one attached hydrogen (secondary N) is 1. The molecule has 0 radical (unpaired) electrons. The zero-order valence-corrected chi connectivity index (χ0v) is 20.3. The van der Waals surface area contributed by atoms with Gasteiger partial charge in [0.2, 0.25) is 5.91 Å². The smallest absolute Gasteiger partial charge is 0.397 e. The fourth-order valence-electron chi connectivity index (χ4n) is 4.36. The van der Waals surface area contributed by atoms with Crippen LogP contribution in [0.4, 0.5) is 42.1 Å². The fraction of sp³-hybridized carbons (Fsp3) is 0.250. The van der Waals surface area contributed by atoms with E-state index in [9.17, 15) is 35.5 Å². The Morgan fingerprint density at radius 1 is 0.974 bits per heavy atom. The molecule has 3 aromatic rings. The maximum absolute atomic E-state index is 13.2. The molecule has 11 heteroatoms. The number of nitrogen functional groups attached to an aromatic ring is 1. The summed E-state index contributed by atoms with van der Waals surface area (Å²) in [6.07, 6.45) is -5.58. The molecule has 0 fully saturated rings. The number of nitrogens with two attached hydrogens (primary N) is 1. The summed E-state index contributed by atoms with van der Waals surface area (Å²) in [6.45, 7) is -0.425. The highest BCUT2D eigenvalue weighted by atomic mass is 19.4. The van der Waals surface area contributed by atoms with Gasteiger partial charge in [0.05, 0.1) is 35.2 Å². The van der Waals surface area contributed by atoms with Crippen LogP contribution in [0.1, 0.15) is 52.3 Å². The Morgan fingerprint density at radius 2 is 1.67 bits per heavy atom. The summed E-state index contributed by atoms with van der Waals surface area (Å²) in [6, 6.07) is 10.3. The van der Waals surface area contributed by atoms with E-state index in [1.165, 1.54) is 18.2 Å². The third kappa shape index (κ3) is 7.17. The lowest BCUT2D eigenvalue weighted by atomic mass is 9.88. The molecule has 4 rings (SSSR count). The molecule has 0 saturated heterocycles. The molecule has 0 spiro atoms. The van der Waals surface area contributed by atoms with E-state index in [0.29, 0.717) is 37.0 Å². The number of hydrogen-bond donors (Lipinski definition) is 2. The number of carbonyl (C=O) groups is 1. The molecule has 0 aliphatic heterocycles. The van der Waals surface area contributed by atoms with Gasteiger partial charge in [0, 0.05) is 6.08 Å². The number of fused-ring (bicyclic) bond motifs is 1. The number of aryl methyl sites for hydroxylation is 1. The molecule has 1 atom stereocenters. The van der Waals surface area contributed by atoms with Gasteiger partial charge in [-0.2, -0.15) is 26.3 Å². The first kappa shape index (κ1) is 28.2. The Hall–Kier alpha value is -3.86. The van der Waals surface area contributed by atoms with Crippen molar-refractivity contribution in [2.75, 3.05) is 11.1 Å². The van der Waals surface area contributed by atoms with E-state index in [4.69, 9.17) is 10.5 Å². The Balaban J connectivity index is 1.46. The van der Waals surface area contributed by atoms with Crippen LogP contribution in [0.15, 0.2) is 60.7 Å². The van der Waals surface area contributed by atoms with Crippen LogP contribution in [0.3, 0.4) is 0 Å². The van der Waals surface area contributed by atoms with Gasteiger partial charge in [-0.3, -0.25) is 4.79 Å². The minimum Gasteiger partial charge on any atom is -0.397 e. The Kier molecular flexibility index (Phi) is 8.01. The van der Waals surface area contributed by atoms with Crippen molar-refractivity contribution in [2.45, 2.75) is 44.3 Å². The highest BCUT2D eigenvalue weighted by molar-refractivity contribution is 6.03. The molecule has 1 amide bonds. The van der Waals surface area contributed by atoms with E-state index in [1.807, 2.05) is 6.07 Å². The molecule has 1 unspecified atom stereocenters. The molecular formula is C28H23F7N2O2. The van der Waals surface area contributed by atoms with Crippen LogP contribution in [-0.2, 0) is 34.9 Å². The van der Waals surface area contributed by atoms with E-state index < -0.39 is 47.9 Å². The maximum atomic E-state index is 13.2. The van der Waals surface area contributed by atoms with E-state index >= 15 is 0 Å². The molecule has 0 aromatic heterocycles. The zero-order valence-electron chi connectivity index (χ0n) is 20.3. The number of ether oxygens (including phenoxy) is 1. The largest absolute Gasteiger partial charge is 0.416 e. The van der Waals surface area contributed by atoms with Gasteiger partial charge >= 0.3 is 12.4 Å². The van der Waals surface area contributed by atoms with Crippen molar-refractivity contribution in [1.29, 1.82) is 0 Å². The average molecular weight is 552 g/mol. The van der Waals surface area contributed by atoms with Crippen LogP contribution < -0.4 is 11.1 Å². The first-order chi connectivity index (χ1) is 18.3. The van der Waals surface area contributed by atoms with Crippen molar-refractivity contribution in [3.05, 3.63) is 99.9 Å². The molecule has 3 N–H and O–H groups in total. The first-order valence-corrected chi connectivity index (χ1v) is 11.9. The number of carbonyl (C=O) groups excluding carboxylic acids is 1. The van der Waals surface area contributed by atoms with E-state index in [1.54, 1.807) is 18.2 Å². The minimum atomic E-state index is -4.93. The molecule has 1 aliphatic rings. The predicted octanol–water partition coefficient (Wildman–Crippen LogP) is 7.69. The number of halogens is 7. The van der Waals surface area contributed by atoms with Gasteiger partial charge in [0.15, 0.2) is 0 Å². The molecule has 0 bridgehead atoms. The second kappa shape index (κ2) is 11.1. The Bertz CT molecular complexity index is 1370. The number of rotatable bonds is 6. The third-order valence-electron chi connectivity index (χ3n) is 6.22. The molecule has 39 heavy (non-hydrogen) atoms. The predicted molar refractivity (Wildman–Crippen MR) is 132 cm³/mol. The van der Waals surface area contributed by atoms with Crippen LogP contribution >= 0.6 is 0 Å². The molecule has 3 aromatic carbocycles. The van der Waals surface area contributed by atoms with Gasteiger partial charge in [-0.25, -0.2) is 4.39 Å². The van der Waals surface area contributed by atoms with Crippen molar-refractivity contribution in [3.63, 3.8) is 0 Å². The molecule has 4 nitrogen and oxygen atoms in total. The summed E-state index contributed by atoms with van der Waals surface area (Å²) < 4.78 is 97.9. The summed E-state index contributed by atoms with van der Waals surface area (Å²) in [5.74, 6) is -1.01. The van der Waals surface area contributed by atoms with Crippen molar-refractivity contribution >= 4 is 23.4 Å². The van der Waals surface area contributed by atoms with Crippen LogP contribution in [0.5, 0.6) is 0 Å². The summed E-state index contributed by atoms with van der Waals surface area (Å²) in [5, 5.41) is 2.56. The van der Waals surface area contributed by atoms with Gasteiger partial charge in [-0.1, -0.05) is 18.2 Å². The van der Waals surface area contributed by atoms with Crippen LogP contribution in [-0.4, -0.2) is 5.91 Å². The number of alkyl halides is 6. The Labute approximate surface area is 219 Å².